The van der Waals surface area contributed by atoms with Crippen molar-refractivity contribution in [1.29, 1.82) is 0 Å². The SMILES string of the molecule is CCOC(=O)Cn1c(N)nc2c(C)nn(CC)c21. The molecule has 0 amide bonds. The lowest BCUT2D eigenvalue weighted by Gasteiger charge is -2.07. The number of carbonyl (C=O) groups is 1. The zero-order valence-corrected chi connectivity index (χ0v) is 10.8. The van der Waals surface area contributed by atoms with E-state index < -0.39 is 0 Å². The molecular formula is C11H17N5O2. The summed E-state index contributed by atoms with van der Waals surface area (Å²) in [5.41, 5.74) is 8.14. The minimum atomic E-state index is -0.329. The van der Waals surface area contributed by atoms with Crippen LogP contribution in [0.25, 0.3) is 11.2 Å². The summed E-state index contributed by atoms with van der Waals surface area (Å²) in [7, 11) is 0. The van der Waals surface area contributed by atoms with Crippen molar-refractivity contribution >= 4 is 23.1 Å². The van der Waals surface area contributed by atoms with Crippen LogP contribution in [0.4, 0.5) is 5.95 Å². The molecule has 2 aromatic rings. The van der Waals surface area contributed by atoms with Crippen LogP contribution >= 0.6 is 0 Å². The lowest BCUT2D eigenvalue weighted by atomic mass is 10.4. The number of aryl methyl sites for hydroxylation is 2. The fourth-order valence-electron chi connectivity index (χ4n) is 1.95. The van der Waals surface area contributed by atoms with Gasteiger partial charge in [-0.2, -0.15) is 5.10 Å². The van der Waals surface area contributed by atoms with Gasteiger partial charge < -0.3 is 10.5 Å². The van der Waals surface area contributed by atoms with Gasteiger partial charge in [0.15, 0.2) is 5.65 Å². The second kappa shape index (κ2) is 4.67. The molecule has 2 rings (SSSR count). The standard InChI is InChI=1S/C11H17N5O2/c1-4-16-10-9(7(3)14-16)13-11(12)15(10)6-8(17)18-5-2/h4-6H2,1-3H3,(H2,12,13). The average Bonchev–Trinajstić information content (AvgIpc) is 2.79. The van der Waals surface area contributed by atoms with Gasteiger partial charge in [-0.3, -0.25) is 9.36 Å². The number of carbonyl (C=O) groups excluding carboxylic acids is 1. The highest BCUT2D eigenvalue weighted by Crippen LogP contribution is 2.20. The third-order valence-corrected chi connectivity index (χ3v) is 2.72. The van der Waals surface area contributed by atoms with Gasteiger partial charge in [0.25, 0.3) is 0 Å². The molecule has 0 bridgehead atoms. The number of nitrogens with zero attached hydrogens (tertiary/aromatic N) is 4. The highest BCUT2D eigenvalue weighted by Gasteiger charge is 2.18. The summed E-state index contributed by atoms with van der Waals surface area (Å²) >= 11 is 0. The summed E-state index contributed by atoms with van der Waals surface area (Å²) in [6.07, 6.45) is 0. The van der Waals surface area contributed by atoms with E-state index in [-0.39, 0.29) is 12.5 Å². The largest absolute Gasteiger partial charge is 0.465 e. The van der Waals surface area contributed by atoms with Gasteiger partial charge in [0, 0.05) is 6.54 Å². The van der Waals surface area contributed by atoms with E-state index in [9.17, 15) is 4.79 Å². The zero-order valence-electron chi connectivity index (χ0n) is 10.8. The maximum absolute atomic E-state index is 11.6. The molecule has 7 heteroatoms. The number of ether oxygens (including phenoxy) is 1. The predicted molar refractivity (Wildman–Crippen MR) is 67.0 cm³/mol. The van der Waals surface area contributed by atoms with Crippen molar-refractivity contribution in [3.63, 3.8) is 0 Å². The highest BCUT2D eigenvalue weighted by molar-refractivity contribution is 5.80. The summed E-state index contributed by atoms with van der Waals surface area (Å²) in [4.78, 5) is 15.8. The molecule has 0 saturated carbocycles. The van der Waals surface area contributed by atoms with Gasteiger partial charge in [-0.1, -0.05) is 0 Å². The van der Waals surface area contributed by atoms with Gasteiger partial charge in [-0.05, 0) is 20.8 Å². The van der Waals surface area contributed by atoms with E-state index >= 15 is 0 Å². The van der Waals surface area contributed by atoms with Gasteiger partial charge in [-0.15, -0.1) is 0 Å². The minimum Gasteiger partial charge on any atom is -0.465 e. The lowest BCUT2D eigenvalue weighted by molar-refractivity contribution is -0.143. The van der Waals surface area contributed by atoms with Crippen molar-refractivity contribution in [2.75, 3.05) is 12.3 Å². The van der Waals surface area contributed by atoms with E-state index in [0.717, 1.165) is 16.9 Å². The molecule has 2 aromatic heterocycles. The molecule has 98 valence electrons. The molecule has 0 atom stereocenters. The van der Waals surface area contributed by atoms with E-state index in [2.05, 4.69) is 10.1 Å². The molecule has 7 nitrogen and oxygen atoms in total. The number of nitrogens with two attached hydrogens (primary N) is 1. The van der Waals surface area contributed by atoms with E-state index in [1.165, 1.54) is 0 Å². The van der Waals surface area contributed by atoms with Gasteiger partial charge in [-0.25, -0.2) is 9.67 Å². The van der Waals surface area contributed by atoms with E-state index in [0.29, 0.717) is 19.1 Å². The smallest absolute Gasteiger partial charge is 0.326 e. The molecular weight excluding hydrogens is 234 g/mol. The van der Waals surface area contributed by atoms with Crippen LogP contribution in [-0.2, 0) is 22.6 Å². The lowest BCUT2D eigenvalue weighted by Crippen LogP contribution is -2.16. The number of hydrogen-bond acceptors (Lipinski definition) is 5. The first-order valence-electron chi connectivity index (χ1n) is 5.93. The molecule has 0 fully saturated rings. The van der Waals surface area contributed by atoms with Crippen LogP contribution in [-0.4, -0.2) is 31.9 Å². The van der Waals surface area contributed by atoms with Crippen LogP contribution in [0, 0.1) is 6.92 Å². The van der Waals surface area contributed by atoms with Crippen LogP contribution in [0.2, 0.25) is 0 Å². The molecule has 0 radical (unpaired) electrons. The van der Waals surface area contributed by atoms with Crippen molar-refractivity contribution in [2.24, 2.45) is 0 Å². The number of esters is 1. The number of hydrogen-bond donors (Lipinski definition) is 1. The molecule has 0 saturated heterocycles. The Labute approximate surface area is 105 Å². The number of imidazole rings is 1. The van der Waals surface area contributed by atoms with Crippen molar-refractivity contribution in [2.45, 2.75) is 33.9 Å². The van der Waals surface area contributed by atoms with Crippen molar-refractivity contribution in [1.82, 2.24) is 19.3 Å². The third-order valence-electron chi connectivity index (χ3n) is 2.72. The van der Waals surface area contributed by atoms with Crippen LogP contribution in [0.15, 0.2) is 0 Å². The van der Waals surface area contributed by atoms with Crippen molar-refractivity contribution in [3.05, 3.63) is 5.69 Å². The second-order valence-corrected chi connectivity index (χ2v) is 3.93. The predicted octanol–water partition coefficient (Wildman–Crippen LogP) is 0.706. The number of rotatable bonds is 4. The third kappa shape index (κ3) is 1.92. The van der Waals surface area contributed by atoms with E-state index in [1.54, 1.807) is 16.2 Å². The maximum atomic E-state index is 11.6. The second-order valence-electron chi connectivity index (χ2n) is 3.93. The molecule has 18 heavy (non-hydrogen) atoms. The fraction of sp³-hybridized carbons (Fsp3) is 0.545. The van der Waals surface area contributed by atoms with Crippen molar-refractivity contribution < 1.29 is 9.53 Å². The Morgan fingerprint density at radius 2 is 2.17 bits per heavy atom. The Morgan fingerprint density at radius 1 is 1.44 bits per heavy atom. The molecule has 0 aromatic carbocycles. The molecule has 0 unspecified atom stereocenters. The monoisotopic (exact) mass is 251 g/mol. The van der Waals surface area contributed by atoms with Crippen LogP contribution in [0.5, 0.6) is 0 Å². The fourth-order valence-corrected chi connectivity index (χ4v) is 1.95. The first-order valence-corrected chi connectivity index (χ1v) is 5.93. The molecule has 2 heterocycles. The first kappa shape index (κ1) is 12.4. The van der Waals surface area contributed by atoms with Crippen molar-refractivity contribution in [3.8, 4) is 0 Å². The number of fused-ring (bicyclic) bond motifs is 1. The molecule has 0 aliphatic heterocycles. The van der Waals surface area contributed by atoms with Crippen LogP contribution in [0.1, 0.15) is 19.5 Å². The average molecular weight is 251 g/mol. The Balaban J connectivity index is 2.48. The normalized spacial score (nSPS) is 11.1. The van der Waals surface area contributed by atoms with Crippen LogP contribution < -0.4 is 5.73 Å². The number of anilines is 1. The molecule has 2 N–H and O–H groups in total. The minimum absolute atomic E-state index is 0.0569. The zero-order chi connectivity index (χ0) is 13.3. The number of aromatic nitrogens is 4. The van der Waals surface area contributed by atoms with Crippen LogP contribution in [0.3, 0.4) is 0 Å². The highest BCUT2D eigenvalue weighted by atomic mass is 16.5. The van der Waals surface area contributed by atoms with Gasteiger partial charge in [0.2, 0.25) is 5.95 Å². The Bertz CT molecular complexity index is 584. The quantitative estimate of drug-likeness (QED) is 0.808. The Morgan fingerprint density at radius 3 is 2.78 bits per heavy atom. The van der Waals surface area contributed by atoms with E-state index in [4.69, 9.17) is 10.5 Å². The molecule has 0 aliphatic rings. The first-order chi connectivity index (χ1) is 8.58. The Kier molecular flexibility index (Phi) is 3.22. The topological polar surface area (TPSA) is 88.0 Å². The van der Waals surface area contributed by atoms with Gasteiger partial charge in [0.1, 0.15) is 12.1 Å². The molecule has 0 aliphatic carbocycles. The summed E-state index contributed by atoms with van der Waals surface area (Å²) in [5, 5.41) is 4.35. The molecule has 0 spiro atoms. The Hall–Kier alpha value is -2.05. The maximum Gasteiger partial charge on any atom is 0.326 e. The van der Waals surface area contributed by atoms with E-state index in [1.807, 2.05) is 13.8 Å². The summed E-state index contributed by atoms with van der Waals surface area (Å²) in [6, 6.07) is 0. The van der Waals surface area contributed by atoms with Gasteiger partial charge >= 0.3 is 5.97 Å². The number of nitrogen functional groups attached to an aromatic ring is 1. The van der Waals surface area contributed by atoms with Gasteiger partial charge in [0.05, 0.1) is 12.3 Å². The summed E-state index contributed by atoms with van der Waals surface area (Å²) in [5.74, 6) is -0.0224. The summed E-state index contributed by atoms with van der Waals surface area (Å²) in [6.45, 7) is 6.72. The summed E-state index contributed by atoms with van der Waals surface area (Å²) < 4.78 is 8.35.